The lowest BCUT2D eigenvalue weighted by molar-refractivity contribution is 0.244. The number of aliphatic hydroxyl groups is 2. The van der Waals surface area contributed by atoms with Gasteiger partial charge in [0.05, 0.1) is 25.4 Å². The Morgan fingerprint density at radius 2 is 1.83 bits per heavy atom. The Balaban J connectivity index is 1.78. The van der Waals surface area contributed by atoms with Gasteiger partial charge in [-0.25, -0.2) is 4.68 Å². The number of nitrogens with zero attached hydrogens (tertiary/aromatic N) is 2. The normalized spacial score (nSPS) is 10.9. The number of rotatable bonds is 7. The molecule has 0 spiro atoms. The lowest BCUT2D eigenvalue weighted by Crippen LogP contribution is -2.10. The molecule has 0 fully saturated rings. The van der Waals surface area contributed by atoms with E-state index < -0.39 is 0 Å². The van der Waals surface area contributed by atoms with Crippen LogP contribution in [0.15, 0.2) is 52.9 Å². The van der Waals surface area contributed by atoms with Crippen LogP contribution in [0.2, 0.25) is 0 Å². The van der Waals surface area contributed by atoms with E-state index in [4.69, 9.17) is 9.52 Å². The van der Waals surface area contributed by atoms with Crippen LogP contribution >= 0.6 is 0 Å². The van der Waals surface area contributed by atoms with E-state index in [0.717, 1.165) is 22.8 Å². The van der Waals surface area contributed by atoms with Gasteiger partial charge >= 0.3 is 0 Å². The number of nitrogens with one attached hydrogen (secondary N) is 1. The van der Waals surface area contributed by atoms with Crippen molar-refractivity contribution < 1.29 is 14.6 Å². The van der Waals surface area contributed by atoms with E-state index >= 15 is 0 Å². The van der Waals surface area contributed by atoms with Gasteiger partial charge in [0.1, 0.15) is 23.9 Å². The Morgan fingerprint density at radius 1 is 1.04 bits per heavy atom. The van der Waals surface area contributed by atoms with Gasteiger partial charge in [0.2, 0.25) is 0 Å². The highest BCUT2D eigenvalue weighted by molar-refractivity contribution is 5.63. The van der Waals surface area contributed by atoms with Crippen molar-refractivity contribution in [2.75, 3.05) is 11.9 Å². The molecule has 0 aliphatic heterocycles. The van der Waals surface area contributed by atoms with Gasteiger partial charge in [0.15, 0.2) is 0 Å². The standard InChI is InChI=1S/C17H19N3O3/c21-9-8-20-17(18-11-14-6-7-15(12-22)23-14)10-16(19-20)13-4-2-1-3-5-13/h1-7,10,18,21-22H,8-9,11-12H2. The molecule has 1 aromatic carbocycles. The molecule has 3 aromatic rings. The summed E-state index contributed by atoms with van der Waals surface area (Å²) in [4.78, 5) is 0. The van der Waals surface area contributed by atoms with Crippen LogP contribution in [-0.2, 0) is 19.7 Å². The van der Waals surface area contributed by atoms with E-state index in [9.17, 15) is 5.11 Å². The van der Waals surface area contributed by atoms with Crippen LogP contribution in [0.1, 0.15) is 11.5 Å². The molecule has 23 heavy (non-hydrogen) atoms. The van der Waals surface area contributed by atoms with Gasteiger partial charge < -0.3 is 19.9 Å². The second kappa shape index (κ2) is 7.13. The molecule has 6 nitrogen and oxygen atoms in total. The van der Waals surface area contributed by atoms with E-state index in [1.54, 1.807) is 10.7 Å². The van der Waals surface area contributed by atoms with Crippen molar-refractivity contribution in [3.63, 3.8) is 0 Å². The van der Waals surface area contributed by atoms with E-state index in [0.29, 0.717) is 18.8 Å². The van der Waals surface area contributed by atoms with Crippen molar-refractivity contribution in [1.82, 2.24) is 9.78 Å². The van der Waals surface area contributed by atoms with E-state index in [-0.39, 0.29) is 13.2 Å². The average molecular weight is 313 g/mol. The third-order valence-electron chi connectivity index (χ3n) is 3.48. The smallest absolute Gasteiger partial charge is 0.129 e. The van der Waals surface area contributed by atoms with Gasteiger partial charge in [-0.05, 0) is 12.1 Å². The van der Waals surface area contributed by atoms with Crippen LogP contribution in [0.4, 0.5) is 5.82 Å². The molecule has 0 saturated heterocycles. The van der Waals surface area contributed by atoms with Crippen molar-refractivity contribution >= 4 is 5.82 Å². The number of hydrogen-bond donors (Lipinski definition) is 3. The van der Waals surface area contributed by atoms with Crippen molar-refractivity contribution in [2.24, 2.45) is 0 Å². The zero-order valence-corrected chi connectivity index (χ0v) is 12.6. The zero-order valence-electron chi connectivity index (χ0n) is 12.6. The Kier molecular flexibility index (Phi) is 4.75. The van der Waals surface area contributed by atoms with Gasteiger partial charge in [-0.2, -0.15) is 5.10 Å². The molecule has 3 rings (SSSR count). The highest BCUT2D eigenvalue weighted by atomic mass is 16.4. The van der Waals surface area contributed by atoms with Gasteiger partial charge in [-0.3, -0.25) is 0 Å². The first-order valence-corrected chi connectivity index (χ1v) is 7.46. The van der Waals surface area contributed by atoms with Crippen LogP contribution in [0, 0.1) is 0 Å². The van der Waals surface area contributed by atoms with Crippen LogP contribution in [0.25, 0.3) is 11.3 Å². The van der Waals surface area contributed by atoms with Crippen molar-refractivity contribution in [3.8, 4) is 11.3 Å². The SMILES string of the molecule is OCCn1nc(-c2ccccc2)cc1NCc1ccc(CO)o1. The molecule has 2 aromatic heterocycles. The summed E-state index contributed by atoms with van der Waals surface area (Å²) in [5.74, 6) is 2.07. The second-order valence-corrected chi connectivity index (χ2v) is 5.11. The molecular weight excluding hydrogens is 294 g/mol. The fourth-order valence-corrected chi connectivity index (χ4v) is 2.35. The Morgan fingerprint density at radius 3 is 2.52 bits per heavy atom. The van der Waals surface area contributed by atoms with E-state index in [2.05, 4.69) is 10.4 Å². The molecule has 0 radical (unpaired) electrons. The first-order valence-electron chi connectivity index (χ1n) is 7.46. The topological polar surface area (TPSA) is 83.5 Å². The Labute approximate surface area is 134 Å². The first-order chi connectivity index (χ1) is 11.3. The summed E-state index contributed by atoms with van der Waals surface area (Å²) in [6.07, 6.45) is 0. The average Bonchev–Trinajstić information content (AvgIpc) is 3.21. The molecule has 0 aliphatic carbocycles. The van der Waals surface area contributed by atoms with Crippen LogP contribution in [0.5, 0.6) is 0 Å². The quantitative estimate of drug-likeness (QED) is 0.623. The molecule has 0 unspecified atom stereocenters. The van der Waals surface area contributed by atoms with Gasteiger partial charge in [0, 0.05) is 11.6 Å². The maximum atomic E-state index is 9.21. The maximum absolute atomic E-state index is 9.21. The number of aromatic nitrogens is 2. The Hall–Kier alpha value is -2.57. The molecular formula is C17H19N3O3. The van der Waals surface area contributed by atoms with Gasteiger partial charge in [0.25, 0.3) is 0 Å². The lowest BCUT2D eigenvalue weighted by Gasteiger charge is -2.07. The molecule has 0 amide bonds. The summed E-state index contributed by atoms with van der Waals surface area (Å²) < 4.78 is 7.19. The fourth-order valence-electron chi connectivity index (χ4n) is 2.35. The number of furan rings is 1. The van der Waals surface area contributed by atoms with Crippen LogP contribution < -0.4 is 5.32 Å². The highest BCUT2D eigenvalue weighted by Gasteiger charge is 2.10. The molecule has 0 aliphatic rings. The molecule has 3 N–H and O–H groups in total. The Bertz CT molecular complexity index is 750. The number of benzene rings is 1. The lowest BCUT2D eigenvalue weighted by atomic mass is 10.2. The number of anilines is 1. The molecule has 0 saturated carbocycles. The first kappa shape index (κ1) is 15.3. The third kappa shape index (κ3) is 3.61. The predicted molar refractivity (Wildman–Crippen MR) is 86.7 cm³/mol. The van der Waals surface area contributed by atoms with Gasteiger partial charge in [-0.15, -0.1) is 0 Å². The molecule has 6 heteroatoms. The second-order valence-electron chi connectivity index (χ2n) is 5.11. The summed E-state index contributed by atoms with van der Waals surface area (Å²) in [7, 11) is 0. The number of hydrogen-bond acceptors (Lipinski definition) is 5. The van der Waals surface area contributed by atoms with Crippen molar-refractivity contribution in [3.05, 3.63) is 60.1 Å². The summed E-state index contributed by atoms with van der Waals surface area (Å²) >= 11 is 0. The molecule has 2 heterocycles. The molecule has 0 atom stereocenters. The molecule has 120 valence electrons. The summed E-state index contributed by atoms with van der Waals surface area (Å²) in [6.45, 7) is 0.793. The van der Waals surface area contributed by atoms with E-state index in [1.165, 1.54) is 0 Å². The minimum Gasteiger partial charge on any atom is -0.462 e. The minimum atomic E-state index is -0.111. The van der Waals surface area contributed by atoms with Crippen molar-refractivity contribution in [1.29, 1.82) is 0 Å². The highest BCUT2D eigenvalue weighted by Crippen LogP contribution is 2.22. The monoisotopic (exact) mass is 313 g/mol. The summed E-state index contributed by atoms with van der Waals surface area (Å²) in [5, 5.41) is 26.0. The maximum Gasteiger partial charge on any atom is 0.129 e. The predicted octanol–water partition coefficient (Wildman–Crippen LogP) is 2.24. The third-order valence-corrected chi connectivity index (χ3v) is 3.48. The minimum absolute atomic E-state index is 0.0139. The van der Waals surface area contributed by atoms with E-state index in [1.807, 2.05) is 42.5 Å². The largest absolute Gasteiger partial charge is 0.462 e. The molecule has 0 bridgehead atoms. The van der Waals surface area contributed by atoms with Crippen molar-refractivity contribution in [2.45, 2.75) is 19.7 Å². The fraction of sp³-hybridized carbons (Fsp3) is 0.235. The van der Waals surface area contributed by atoms with Crippen LogP contribution in [-0.4, -0.2) is 26.6 Å². The number of aliphatic hydroxyl groups excluding tert-OH is 2. The summed E-state index contributed by atoms with van der Waals surface area (Å²) in [5.41, 5.74) is 1.87. The van der Waals surface area contributed by atoms with Crippen LogP contribution in [0.3, 0.4) is 0 Å². The zero-order chi connectivity index (χ0) is 16.1. The van der Waals surface area contributed by atoms with Gasteiger partial charge in [-0.1, -0.05) is 30.3 Å². The summed E-state index contributed by atoms with van der Waals surface area (Å²) in [6, 6.07) is 15.4.